The first-order chi connectivity index (χ1) is 8.60. The molecule has 1 amide bonds. The van der Waals surface area contributed by atoms with Gasteiger partial charge in [-0.05, 0) is 38.0 Å². The van der Waals surface area contributed by atoms with Crippen molar-refractivity contribution in [3.63, 3.8) is 0 Å². The maximum absolute atomic E-state index is 12.1. The molecule has 1 saturated carbocycles. The number of piperidine rings is 1. The summed E-state index contributed by atoms with van der Waals surface area (Å²) in [6.45, 7) is 6.22. The van der Waals surface area contributed by atoms with Crippen LogP contribution in [-0.4, -0.2) is 47.8 Å². The molecule has 0 aromatic heterocycles. The fourth-order valence-electron chi connectivity index (χ4n) is 2.95. The number of ether oxygens (including phenoxy) is 1. The van der Waals surface area contributed by atoms with Crippen LogP contribution in [0.15, 0.2) is 0 Å². The average Bonchev–Trinajstić information content (AvgIpc) is 2.30. The Hall–Kier alpha value is -0.610. The van der Waals surface area contributed by atoms with E-state index in [-0.39, 0.29) is 17.9 Å². The number of carbonyl (C=O) groups is 1. The topological polar surface area (TPSA) is 49.8 Å². The SMILES string of the molecule is CCOC1CC(CC(=O)N2CCC(O)C(C)C2)C1. The first kappa shape index (κ1) is 13.8. The summed E-state index contributed by atoms with van der Waals surface area (Å²) in [6.07, 6.45) is 3.60. The van der Waals surface area contributed by atoms with Crippen molar-refractivity contribution in [2.75, 3.05) is 19.7 Å². The second kappa shape index (κ2) is 6.02. The standard InChI is InChI=1S/C14H25NO3/c1-3-18-12-6-11(7-12)8-14(17)15-5-4-13(16)10(2)9-15/h10-13,16H,3-9H2,1-2H3. The van der Waals surface area contributed by atoms with Gasteiger partial charge in [-0.2, -0.15) is 0 Å². The summed E-state index contributed by atoms with van der Waals surface area (Å²) in [4.78, 5) is 14.0. The van der Waals surface area contributed by atoms with Crippen molar-refractivity contribution in [1.82, 2.24) is 4.90 Å². The van der Waals surface area contributed by atoms with E-state index in [9.17, 15) is 9.90 Å². The van der Waals surface area contributed by atoms with E-state index in [2.05, 4.69) is 0 Å². The third-order valence-corrected chi connectivity index (χ3v) is 4.27. The lowest BCUT2D eigenvalue weighted by atomic mass is 9.79. The maximum Gasteiger partial charge on any atom is 0.222 e. The van der Waals surface area contributed by atoms with Gasteiger partial charge in [0.25, 0.3) is 0 Å². The van der Waals surface area contributed by atoms with Gasteiger partial charge >= 0.3 is 0 Å². The smallest absolute Gasteiger partial charge is 0.222 e. The molecule has 0 bridgehead atoms. The highest BCUT2D eigenvalue weighted by Gasteiger charge is 2.34. The number of nitrogens with zero attached hydrogens (tertiary/aromatic N) is 1. The van der Waals surface area contributed by atoms with Gasteiger partial charge in [-0.25, -0.2) is 0 Å². The Kier molecular flexibility index (Phi) is 4.62. The van der Waals surface area contributed by atoms with Crippen LogP contribution >= 0.6 is 0 Å². The Morgan fingerprint density at radius 2 is 2.17 bits per heavy atom. The third kappa shape index (κ3) is 3.23. The van der Waals surface area contributed by atoms with Gasteiger partial charge in [-0.15, -0.1) is 0 Å². The number of rotatable bonds is 4. The Labute approximate surface area is 109 Å². The van der Waals surface area contributed by atoms with Crippen molar-refractivity contribution >= 4 is 5.91 Å². The van der Waals surface area contributed by atoms with Crippen LogP contribution in [0.1, 0.15) is 39.5 Å². The van der Waals surface area contributed by atoms with Crippen molar-refractivity contribution in [2.45, 2.75) is 51.7 Å². The fourth-order valence-corrected chi connectivity index (χ4v) is 2.95. The molecule has 2 rings (SSSR count). The largest absolute Gasteiger partial charge is 0.393 e. The number of aliphatic hydroxyl groups is 1. The normalized spacial score (nSPS) is 36.3. The zero-order valence-corrected chi connectivity index (χ0v) is 11.5. The van der Waals surface area contributed by atoms with E-state index in [1.165, 1.54) is 0 Å². The van der Waals surface area contributed by atoms with Gasteiger partial charge < -0.3 is 14.7 Å². The summed E-state index contributed by atoms with van der Waals surface area (Å²) in [6, 6.07) is 0. The second-order valence-corrected chi connectivity index (χ2v) is 5.79. The first-order valence-corrected chi connectivity index (χ1v) is 7.17. The van der Waals surface area contributed by atoms with Gasteiger partial charge in [-0.1, -0.05) is 6.92 Å². The van der Waals surface area contributed by atoms with Crippen LogP contribution in [0.2, 0.25) is 0 Å². The molecule has 1 aliphatic carbocycles. The van der Waals surface area contributed by atoms with Crippen LogP contribution in [0, 0.1) is 11.8 Å². The zero-order chi connectivity index (χ0) is 13.1. The van der Waals surface area contributed by atoms with Crippen LogP contribution < -0.4 is 0 Å². The van der Waals surface area contributed by atoms with Crippen molar-refractivity contribution in [3.8, 4) is 0 Å². The predicted octanol–water partition coefficient (Wildman–Crippen LogP) is 1.42. The number of carbonyl (C=O) groups excluding carboxylic acids is 1. The van der Waals surface area contributed by atoms with Crippen LogP contribution in [0.25, 0.3) is 0 Å². The number of aliphatic hydroxyl groups excluding tert-OH is 1. The Balaban J connectivity index is 1.70. The highest BCUT2D eigenvalue weighted by Crippen LogP contribution is 2.33. The summed E-state index contributed by atoms with van der Waals surface area (Å²) in [7, 11) is 0. The minimum absolute atomic E-state index is 0.209. The van der Waals surface area contributed by atoms with E-state index in [0.29, 0.717) is 31.5 Å². The first-order valence-electron chi connectivity index (χ1n) is 7.17. The fraction of sp³-hybridized carbons (Fsp3) is 0.929. The molecule has 0 spiro atoms. The number of hydrogen-bond donors (Lipinski definition) is 1. The monoisotopic (exact) mass is 255 g/mol. The van der Waals surface area contributed by atoms with Gasteiger partial charge in [0.2, 0.25) is 5.91 Å². The molecule has 4 heteroatoms. The molecule has 0 aromatic carbocycles. The summed E-state index contributed by atoms with van der Waals surface area (Å²) < 4.78 is 5.51. The number of amides is 1. The molecule has 1 N–H and O–H groups in total. The lowest BCUT2D eigenvalue weighted by Gasteiger charge is -2.38. The molecule has 1 heterocycles. The molecule has 2 fully saturated rings. The van der Waals surface area contributed by atoms with Gasteiger partial charge in [0, 0.05) is 26.1 Å². The second-order valence-electron chi connectivity index (χ2n) is 5.79. The van der Waals surface area contributed by atoms with E-state index in [1.54, 1.807) is 0 Å². The van der Waals surface area contributed by atoms with Crippen molar-refractivity contribution in [3.05, 3.63) is 0 Å². The molecular weight excluding hydrogens is 230 g/mol. The Bertz CT molecular complexity index is 289. The lowest BCUT2D eigenvalue weighted by Crippen LogP contribution is -2.46. The third-order valence-electron chi connectivity index (χ3n) is 4.27. The number of likely N-dealkylation sites (tertiary alicyclic amines) is 1. The van der Waals surface area contributed by atoms with Crippen LogP contribution in [-0.2, 0) is 9.53 Å². The predicted molar refractivity (Wildman–Crippen MR) is 69.1 cm³/mol. The van der Waals surface area contributed by atoms with Crippen LogP contribution in [0.4, 0.5) is 0 Å². The summed E-state index contributed by atoms with van der Waals surface area (Å²) in [5.41, 5.74) is 0. The molecule has 18 heavy (non-hydrogen) atoms. The van der Waals surface area contributed by atoms with Gasteiger partial charge in [0.15, 0.2) is 0 Å². The van der Waals surface area contributed by atoms with Crippen LogP contribution in [0.5, 0.6) is 0 Å². The Morgan fingerprint density at radius 3 is 2.78 bits per heavy atom. The van der Waals surface area contributed by atoms with E-state index in [0.717, 1.165) is 25.9 Å². The van der Waals surface area contributed by atoms with Crippen molar-refractivity contribution < 1.29 is 14.6 Å². The molecule has 0 radical (unpaired) electrons. The summed E-state index contributed by atoms with van der Waals surface area (Å²) >= 11 is 0. The van der Waals surface area contributed by atoms with Gasteiger partial charge in [0.05, 0.1) is 12.2 Å². The highest BCUT2D eigenvalue weighted by molar-refractivity contribution is 5.76. The van der Waals surface area contributed by atoms with E-state index in [1.807, 2.05) is 18.7 Å². The van der Waals surface area contributed by atoms with Crippen molar-refractivity contribution in [1.29, 1.82) is 0 Å². The zero-order valence-electron chi connectivity index (χ0n) is 11.5. The van der Waals surface area contributed by atoms with E-state index < -0.39 is 0 Å². The molecule has 0 aromatic rings. The molecule has 1 aliphatic heterocycles. The Morgan fingerprint density at radius 1 is 1.44 bits per heavy atom. The quantitative estimate of drug-likeness (QED) is 0.826. The van der Waals surface area contributed by atoms with E-state index >= 15 is 0 Å². The van der Waals surface area contributed by atoms with Gasteiger partial charge in [-0.3, -0.25) is 4.79 Å². The number of hydrogen-bond acceptors (Lipinski definition) is 3. The highest BCUT2D eigenvalue weighted by atomic mass is 16.5. The molecule has 4 nitrogen and oxygen atoms in total. The summed E-state index contributed by atoms with van der Waals surface area (Å²) in [5.74, 6) is 0.977. The minimum atomic E-state index is -0.236. The van der Waals surface area contributed by atoms with Crippen molar-refractivity contribution in [2.24, 2.45) is 11.8 Å². The molecule has 2 aliphatic rings. The van der Waals surface area contributed by atoms with Gasteiger partial charge in [0.1, 0.15) is 0 Å². The molecular formula is C14H25NO3. The van der Waals surface area contributed by atoms with E-state index in [4.69, 9.17) is 4.74 Å². The molecule has 1 saturated heterocycles. The maximum atomic E-state index is 12.1. The minimum Gasteiger partial charge on any atom is -0.393 e. The summed E-state index contributed by atoms with van der Waals surface area (Å²) in [5, 5.41) is 9.66. The van der Waals surface area contributed by atoms with Crippen LogP contribution in [0.3, 0.4) is 0 Å². The average molecular weight is 255 g/mol. The molecule has 2 atom stereocenters. The lowest BCUT2D eigenvalue weighted by molar-refractivity contribution is -0.138. The molecule has 104 valence electrons. The molecule has 2 unspecified atom stereocenters.